The lowest BCUT2D eigenvalue weighted by Crippen LogP contribution is -2.44. The number of hydrogen-bond acceptors (Lipinski definition) is 5. The standard InChI is InChI=1S/C22H25ClN6O.HI/c1-2-24-22(26-14-18-13-20(30-28-18)16-7-4-3-5-8-16)27-17-10-12-29(15-17)21-19(23)9-6-11-25-21;/h3-9,11,13,17H,2,10,12,14-15H2,1H3,(H2,24,26,27);1H. The van der Waals surface area contributed by atoms with Crippen molar-refractivity contribution in [3.8, 4) is 11.3 Å². The predicted octanol–water partition coefficient (Wildman–Crippen LogP) is 4.34. The fourth-order valence-electron chi connectivity index (χ4n) is 3.48. The molecule has 1 atom stereocenters. The molecule has 4 rings (SSSR count). The minimum atomic E-state index is 0. The number of aliphatic imine (C=N–C) groups is 1. The van der Waals surface area contributed by atoms with Crippen LogP contribution >= 0.6 is 35.6 Å². The maximum Gasteiger partial charge on any atom is 0.191 e. The van der Waals surface area contributed by atoms with E-state index in [1.807, 2.05) is 48.5 Å². The van der Waals surface area contributed by atoms with Crippen molar-refractivity contribution in [2.24, 2.45) is 4.99 Å². The minimum absolute atomic E-state index is 0. The quantitative estimate of drug-likeness (QED) is 0.269. The Morgan fingerprint density at radius 2 is 2.10 bits per heavy atom. The molecule has 0 aliphatic carbocycles. The molecule has 1 aliphatic rings. The molecule has 31 heavy (non-hydrogen) atoms. The van der Waals surface area contributed by atoms with E-state index in [4.69, 9.17) is 16.1 Å². The van der Waals surface area contributed by atoms with Crippen molar-refractivity contribution in [3.05, 3.63) is 65.4 Å². The van der Waals surface area contributed by atoms with Crippen LogP contribution in [0.5, 0.6) is 0 Å². The van der Waals surface area contributed by atoms with E-state index in [1.54, 1.807) is 6.20 Å². The van der Waals surface area contributed by atoms with E-state index in [0.717, 1.165) is 54.9 Å². The largest absolute Gasteiger partial charge is 0.357 e. The lowest BCUT2D eigenvalue weighted by atomic mass is 10.2. The number of aromatic nitrogens is 2. The van der Waals surface area contributed by atoms with Gasteiger partial charge in [-0.05, 0) is 25.5 Å². The molecule has 1 aromatic carbocycles. The number of pyridine rings is 1. The number of benzene rings is 1. The molecular weight excluding hydrogens is 527 g/mol. The monoisotopic (exact) mass is 552 g/mol. The Hall–Kier alpha value is -2.33. The van der Waals surface area contributed by atoms with Crippen LogP contribution in [0.1, 0.15) is 19.0 Å². The van der Waals surface area contributed by atoms with Gasteiger partial charge in [0.25, 0.3) is 0 Å². The van der Waals surface area contributed by atoms with Crippen LogP contribution in [0.15, 0.2) is 64.2 Å². The molecule has 1 saturated heterocycles. The van der Waals surface area contributed by atoms with E-state index in [0.29, 0.717) is 11.6 Å². The van der Waals surface area contributed by atoms with Gasteiger partial charge in [0.05, 0.1) is 11.6 Å². The first kappa shape index (κ1) is 23.3. The van der Waals surface area contributed by atoms with E-state index in [2.05, 4.69) is 37.6 Å². The first-order valence-electron chi connectivity index (χ1n) is 10.1. The molecule has 0 amide bonds. The molecule has 9 heteroatoms. The van der Waals surface area contributed by atoms with Crippen LogP contribution in [0.2, 0.25) is 5.02 Å². The summed E-state index contributed by atoms with van der Waals surface area (Å²) in [5.74, 6) is 2.35. The number of guanidine groups is 1. The Labute approximate surface area is 204 Å². The molecule has 2 N–H and O–H groups in total. The summed E-state index contributed by atoms with van der Waals surface area (Å²) in [7, 11) is 0. The van der Waals surface area contributed by atoms with Gasteiger partial charge in [-0.1, -0.05) is 47.1 Å². The molecule has 2 aromatic heterocycles. The van der Waals surface area contributed by atoms with Crippen LogP contribution in [0.4, 0.5) is 5.82 Å². The van der Waals surface area contributed by atoms with Crippen molar-refractivity contribution < 1.29 is 4.52 Å². The van der Waals surface area contributed by atoms with E-state index < -0.39 is 0 Å². The highest BCUT2D eigenvalue weighted by molar-refractivity contribution is 14.0. The van der Waals surface area contributed by atoms with Gasteiger partial charge in [0.15, 0.2) is 11.7 Å². The first-order valence-corrected chi connectivity index (χ1v) is 10.5. The predicted molar refractivity (Wildman–Crippen MR) is 135 cm³/mol. The molecule has 7 nitrogen and oxygen atoms in total. The third-order valence-corrected chi connectivity index (χ3v) is 5.22. The van der Waals surface area contributed by atoms with Crippen LogP contribution < -0.4 is 15.5 Å². The highest BCUT2D eigenvalue weighted by Gasteiger charge is 2.25. The van der Waals surface area contributed by atoms with Crippen molar-refractivity contribution in [3.63, 3.8) is 0 Å². The number of halogens is 2. The Bertz CT molecular complexity index is 996. The second kappa shape index (κ2) is 11.3. The van der Waals surface area contributed by atoms with E-state index >= 15 is 0 Å². The molecule has 1 unspecified atom stereocenters. The number of nitrogens with one attached hydrogen (secondary N) is 2. The van der Waals surface area contributed by atoms with Crippen LogP contribution in [0, 0.1) is 0 Å². The highest BCUT2D eigenvalue weighted by Crippen LogP contribution is 2.25. The van der Waals surface area contributed by atoms with Crippen LogP contribution in [-0.2, 0) is 6.54 Å². The van der Waals surface area contributed by atoms with E-state index in [1.165, 1.54) is 0 Å². The van der Waals surface area contributed by atoms with Gasteiger partial charge in [0.1, 0.15) is 11.5 Å². The van der Waals surface area contributed by atoms with E-state index in [-0.39, 0.29) is 30.0 Å². The van der Waals surface area contributed by atoms with Gasteiger partial charge in [-0.3, -0.25) is 0 Å². The summed E-state index contributed by atoms with van der Waals surface area (Å²) in [6.45, 7) is 4.99. The number of nitrogens with zero attached hydrogens (tertiary/aromatic N) is 4. The van der Waals surface area contributed by atoms with Crippen molar-refractivity contribution in [2.75, 3.05) is 24.5 Å². The average Bonchev–Trinajstić information content (AvgIpc) is 3.43. The fraction of sp³-hybridized carbons (Fsp3) is 0.318. The molecule has 1 aliphatic heterocycles. The number of anilines is 1. The third-order valence-electron chi connectivity index (χ3n) is 4.93. The summed E-state index contributed by atoms with van der Waals surface area (Å²) in [4.78, 5) is 11.3. The molecule has 164 valence electrons. The Morgan fingerprint density at radius 1 is 1.26 bits per heavy atom. The Morgan fingerprint density at radius 3 is 2.87 bits per heavy atom. The van der Waals surface area contributed by atoms with Gasteiger partial charge < -0.3 is 20.1 Å². The third kappa shape index (κ3) is 6.10. The number of hydrogen-bond donors (Lipinski definition) is 2. The van der Waals surface area contributed by atoms with Crippen LogP contribution in [0.3, 0.4) is 0 Å². The van der Waals surface area contributed by atoms with Crippen LogP contribution in [-0.4, -0.2) is 41.8 Å². The van der Waals surface area contributed by atoms with E-state index in [9.17, 15) is 0 Å². The van der Waals surface area contributed by atoms with Gasteiger partial charge in [0, 0.05) is 43.5 Å². The minimum Gasteiger partial charge on any atom is -0.357 e. The Kier molecular flexibility index (Phi) is 8.53. The van der Waals surface area contributed by atoms with Crippen LogP contribution in [0.25, 0.3) is 11.3 Å². The topological polar surface area (TPSA) is 78.6 Å². The lowest BCUT2D eigenvalue weighted by Gasteiger charge is -2.20. The SMILES string of the molecule is CCNC(=NCc1cc(-c2ccccc2)on1)NC1CCN(c2ncccc2Cl)C1.I. The summed E-state index contributed by atoms with van der Waals surface area (Å²) in [5.41, 5.74) is 1.80. The van der Waals surface area contributed by atoms with Gasteiger partial charge >= 0.3 is 0 Å². The van der Waals surface area contributed by atoms with Crippen molar-refractivity contribution >= 4 is 47.4 Å². The van der Waals surface area contributed by atoms with Crippen molar-refractivity contribution in [2.45, 2.75) is 25.9 Å². The van der Waals surface area contributed by atoms with Crippen molar-refractivity contribution in [1.29, 1.82) is 0 Å². The van der Waals surface area contributed by atoms with Gasteiger partial charge in [-0.25, -0.2) is 9.98 Å². The second-order valence-corrected chi connectivity index (χ2v) is 7.54. The lowest BCUT2D eigenvalue weighted by molar-refractivity contribution is 0.424. The maximum absolute atomic E-state index is 6.29. The number of rotatable bonds is 6. The smallest absolute Gasteiger partial charge is 0.191 e. The van der Waals surface area contributed by atoms with Crippen molar-refractivity contribution in [1.82, 2.24) is 20.8 Å². The van der Waals surface area contributed by atoms with Gasteiger partial charge in [-0.2, -0.15) is 0 Å². The summed E-state index contributed by atoms with van der Waals surface area (Å²) < 4.78 is 5.46. The first-order chi connectivity index (χ1) is 14.7. The molecule has 3 aromatic rings. The molecule has 0 bridgehead atoms. The Balaban J connectivity index is 0.00000272. The summed E-state index contributed by atoms with van der Waals surface area (Å²) in [6.07, 6.45) is 2.76. The van der Waals surface area contributed by atoms with Gasteiger partial charge in [-0.15, -0.1) is 24.0 Å². The van der Waals surface area contributed by atoms with Gasteiger partial charge in [0.2, 0.25) is 0 Å². The maximum atomic E-state index is 6.29. The zero-order valence-electron chi connectivity index (χ0n) is 17.3. The molecule has 0 spiro atoms. The molecule has 0 radical (unpaired) electrons. The second-order valence-electron chi connectivity index (χ2n) is 7.13. The summed E-state index contributed by atoms with van der Waals surface area (Å²) in [5, 5.41) is 11.6. The molecule has 3 heterocycles. The summed E-state index contributed by atoms with van der Waals surface area (Å²) >= 11 is 6.29. The summed E-state index contributed by atoms with van der Waals surface area (Å²) in [6, 6.07) is 15.8. The average molecular weight is 553 g/mol. The fourth-order valence-corrected chi connectivity index (χ4v) is 3.72. The zero-order chi connectivity index (χ0) is 20.8. The molecule has 0 saturated carbocycles. The zero-order valence-corrected chi connectivity index (χ0v) is 20.4. The molecular formula is C22H26ClIN6O. The normalized spacial score (nSPS) is 16.1. The highest BCUT2D eigenvalue weighted by atomic mass is 127. The molecule has 1 fully saturated rings.